The molecule has 0 atom stereocenters. The Balaban J connectivity index is 0.000000415. The van der Waals surface area contributed by atoms with Crippen LogP contribution in [0.3, 0.4) is 0 Å². The van der Waals surface area contributed by atoms with Gasteiger partial charge in [0.05, 0.1) is 0 Å². The molecule has 0 aliphatic carbocycles. The van der Waals surface area contributed by atoms with E-state index in [0.717, 1.165) is 7.11 Å². The van der Waals surface area contributed by atoms with E-state index in [2.05, 4.69) is 68.5 Å². The zero-order chi connectivity index (χ0) is 13.8. The van der Waals surface area contributed by atoms with Gasteiger partial charge in [-0.15, -0.1) is 7.92 Å². The predicted molar refractivity (Wildman–Crippen MR) is 84.7 cm³/mol. The second-order valence-electron chi connectivity index (χ2n) is 4.07. The molecule has 1 N–H and O–H groups in total. The van der Waals surface area contributed by atoms with Crippen molar-refractivity contribution in [1.82, 2.24) is 0 Å². The summed E-state index contributed by atoms with van der Waals surface area (Å²) in [7, 11) is 1.38. The topological polar surface area (TPSA) is 20.2 Å². The van der Waals surface area contributed by atoms with Gasteiger partial charge in [-0.2, -0.15) is 0 Å². The highest BCUT2D eigenvalue weighted by atomic mass is 31.1. The first-order chi connectivity index (χ1) is 8.70. The SMILES string of the molecule is CO.CP(C)C.c1ccc(-c2ccccc2)cc1. The van der Waals surface area contributed by atoms with E-state index < -0.39 is 0 Å². The first kappa shape index (κ1) is 16.8. The van der Waals surface area contributed by atoms with Gasteiger partial charge >= 0.3 is 0 Å². The summed E-state index contributed by atoms with van der Waals surface area (Å²) in [6.07, 6.45) is 0. The third-order valence-corrected chi connectivity index (χ3v) is 1.88. The highest BCUT2D eigenvalue weighted by molar-refractivity contribution is 7.55. The lowest BCUT2D eigenvalue weighted by molar-refractivity contribution is 0.399. The van der Waals surface area contributed by atoms with E-state index in [1.54, 1.807) is 0 Å². The number of rotatable bonds is 1. The average Bonchev–Trinajstić information content (AvgIpc) is 2.42. The maximum atomic E-state index is 7.00. The van der Waals surface area contributed by atoms with Crippen LogP contribution in [-0.4, -0.2) is 32.2 Å². The second-order valence-corrected chi connectivity index (χ2v) is 6.76. The van der Waals surface area contributed by atoms with Gasteiger partial charge in [-0.25, -0.2) is 0 Å². The quantitative estimate of drug-likeness (QED) is 0.759. The molecule has 2 aromatic rings. The molecular weight excluding hydrogens is 239 g/mol. The van der Waals surface area contributed by atoms with Crippen molar-refractivity contribution in [2.75, 3.05) is 27.1 Å². The summed E-state index contributed by atoms with van der Waals surface area (Å²) in [4.78, 5) is 0. The lowest BCUT2D eigenvalue weighted by Crippen LogP contribution is -1.73. The van der Waals surface area contributed by atoms with E-state index in [1.165, 1.54) is 11.1 Å². The monoisotopic (exact) mass is 262 g/mol. The highest BCUT2D eigenvalue weighted by Gasteiger charge is 1.91. The minimum Gasteiger partial charge on any atom is -0.400 e. The molecular formula is C16H23OP. The molecule has 98 valence electrons. The molecule has 18 heavy (non-hydrogen) atoms. The van der Waals surface area contributed by atoms with Gasteiger partial charge in [0, 0.05) is 7.11 Å². The fourth-order valence-corrected chi connectivity index (χ4v) is 1.26. The molecule has 0 spiro atoms. The fraction of sp³-hybridized carbons (Fsp3) is 0.250. The Morgan fingerprint density at radius 3 is 1.06 bits per heavy atom. The van der Waals surface area contributed by atoms with Gasteiger partial charge in [0.1, 0.15) is 0 Å². The van der Waals surface area contributed by atoms with Gasteiger partial charge in [-0.05, 0) is 31.1 Å². The molecule has 0 aliphatic heterocycles. The zero-order valence-electron chi connectivity index (χ0n) is 11.7. The lowest BCUT2D eigenvalue weighted by Gasteiger charge is -1.98. The van der Waals surface area contributed by atoms with Crippen LogP contribution < -0.4 is 0 Å². The maximum absolute atomic E-state index is 7.00. The van der Waals surface area contributed by atoms with E-state index in [-0.39, 0.29) is 0 Å². The van der Waals surface area contributed by atoms with Crippen LogP contribution >= 0.6 is 7.92 Å². The summed E-state index contributed by atoms with van der Waals surface area (Å²) >= 11 is 0. The molecule has 0 aromatic heterocycles. The van der Waals surface area contributed by atoms with Crippen LogP contribution in [-0.2, 0) is 0 Å². The molecule has 0 fully saturated rings. The van der Waals surface area contributed by atoms with Crippen LogP contribution in [0.1, 0.15) is 0 Å². The molecule has 0 radical (unpaired) electrons. The van der Waals surface area contributed by atoms with Crippen LogP contribution in [0.25, 0.3) is 11.1 Å². The molecule has 0 aliphatic rings. The average molecular weight is 262 g/mol. The number of aliphatic hydroxyl groups is 1. The first-order valence-corrected chi connectivity index (χ1v) is 8.54. The van der Waals surface area contributed by atoms with Crippen molar-refractivity contribution in [2.24, 2.45) is 0 Å². The largest absolute Gasteiger partial charge is 0.400 e. The van der Waals surface area contributed by atoms with Crippen LogP contribution in [0.4, 0.5) is 0 Å². The zero-order valence-corrected chi connectivity index (χ0v) is 12.6. The normalized spacial score (nSPS) is 8.78. The molecule has 0 saturated carbocycles. The van der Waals surface area contributed by atoms with Gasteiger partial charge in [0.15, 0.2) is 0 Å². The Labute approximate surface area is 112 Å². The van der Waals surface area contributed by atoms with Crippen molar-refractivity contribution in [2.45, 2.75) is 0 Å². The third-order valence-electron chi connectivity index (χ3n) is 1.88. The van der Waals surface area contributed by atoms with Gasteiger partial charge in [0.2, 0.25) is 0 Å². The summed E-state index contributed by atoms with van der Waals surface area (Å²) in [5.74, 6) is 0. The van der Waals surface area contributed by atoms with Crippen LogP contribution in [0.15, 0.2) is 60.7 Å². The van der Waals surface area contributed by atoms with Crippen molar-refractivity contribution >= 4 is 7.92 Å². The lowest BCUT2D eigenvalue weighted by atomic mass is 10.1. The molecule has 0 unspecified atom stereocenters. The summed E-state index contributed by atoms with van der Waals surface area (Å²) in [6, 6.07) is 20.8. The minimum atomic E-state index is 0.380. The number of hydrogen-bond acceptors (Lipinski definition) is 1. The smallest absolute Gasteiger partial charge is 0.0319 e. The Kier molecular flexibility index (Phi) is 10.2. The second kappa shape index (κ2) is 11.0. The van der Waals surface area contributed by atoms with Crippen molar-refractivity contribution in [3.05, 3.63) is 60.7 Å². The fourth-order valence-electron chi connectivity index (χ4n) is 1.26. The summed E-state index contributed by atoms with van der Waals surface area (Å²) in [6.45, 7) is 6.69. The van der Waals surface area contributed by atoms with Crippen molar-refractivity contribution in [3.8, 4) is 11.1 Å². The van der Waals surface area contributed by atoms with Crippen LogP contribution in [0.5, 0.6) is 0 Å². The Hall–Kier alpha value is -1.17. The summed E-state index contributed by atoms with van der Waals surface area (Å²) < 4.78 is 0. The van der Waals surface area contributed by atoms with Crippen molar-refractivity contribution < 1.29 is 5.11 Å². The van der Waals surface area contributed by atoms with Gasteiger partial charge < -0.3 is 5.11 Å². The molecule has 0 amide bonds. The van der Waals surface area contributed by atoms with E-state index in [0.29, 0.717) is 7.92 Å². The minimum absolute atomic E-state index is 0.380. The van der Waals surface area contributed by atoms with Gasteiger partial charge in [0.25, 0.3) is 0 Å². The first-order valence-electron chi connectivity index (χ1n) is 5.86. The number of benzene rings is 2. The van der Waals surface area contributed by atoms with Crippen molar-refractivity contribution in [1.29, 1.82) is 0 Å². The number of hydrogen-bond donors (Lipinski definition) is 1. The highest BCUT2D eigenvalue weighted by Crippen LogP contribution is 2.17. The summed E-state index contributed by atoms with van der Waals surface area (Å²) in [5, 5.41) is 7.00. The predicted octanol–water partition coefficient (Wildman–Crippen LogP) is 4.32. The molecule has 2 rings (SSSR count). The molecule has 0 bridgehead atoms. The maximum Gasteiger partial charge on any atom is 0.0319 e. The molecule has 0 saturated heterocycles. The molecule has 2 heteroatoms. The van der Waals surface area contributed by atoms with Crippen molar-refractivity contribution in [3.63, 3.8) is 0 Å². The Morgan fingerprint density at radius 1 is 0.611 bits per heavy atom. The van der Waals surface area contributed by atoms with E-state index in [1.807, 2.05) is 12.1 Å². The third kappa shape index (κ3) is 8.00. The Morgan fingerprint density at radius 2 is 0.833 bits per heavy atom. The van der Waals surface area contributed by atoms with E-state index in [4.69, 9.17) is 5.11 Å². The van der Waals surface area contributed by atoms with Gasteiger partial charge in [-0.3, -0.25) is 0 Å². The Bertz CT molecular complexity index is 344. The van der Waals surface area contributed by atoms with Gasteiger partial charge in [-0.1, -0.05) is 60.7 Å². The number of aliphatic hydroxyl groups excluding tert-OH is 1. The summed E-state index contributed by atoms with van der Waals surface area (Å²) in [5.41, 5.74) is 2.55. The molecule has 1 nitrogen and oxygen atoms in total. The standard InChI is InChI=1S/C12H10.C3H9P.CH4O/c1-3-7-11(8-4-1)12-9-5-2-6-10-12;1-4(2)3;1-2/h1-10H;1-3H3;2H,1H3. The van der Waals surface area contributed by atoms with Crippen LogP contribution in [0.2, 0.25) is 0 Å². The molecule has 2 aromatic carbocycles. The molecule has 0 heterocycles. The van der Waals surface area contributed by atoms with E-state index in [9.17, 15) is 0 Å². The van der Waals surface area contributed by atoms with Crippen LogP contribution in [0, 0.1) is 0 Å². The van der Waals surface area contributed by atoms with E-state index >= 15 is 0 Å².